The third-order valence-corrected chi connectivity index (χ3v) is 3.47. The van der Waals surface area contributed by atoms with Gasteiger partial charge < -0.3 is 10.0 Å². The van der Waals surface area contributed by atoms with Crippen LogP contribution in [0.4, 0.5) is 10.1 Å². The van der Waals surface area contributed by atoms with E-state index in [1.165, 1.54) is 6.07 Å². The van der Waals surface area contributed by atoms with E-state index in [0.717, 1.165) is 19.4 Å². The lowest BCUT2D eigenvalue weighted by Gasteiger charge is -2.35. The Morgan fingerprint density at radius 1 is 1.21 bits per heavy atom. The van der Waals surface area contributed by atoms with Gasteiger partial charge in [-0.2, -0.15) is 0 Å². The van der Waals surface area contributed by atoms with Gasteiger partial charge in [-0.3, -0.25) is 0 Å². The molecule has 108 valence electrons. The normalized spacial score (nSPS) is 11.4. The van der Waals surface area contributed by atoms with E-state index in [9.17, 15) is 9.50 Å². The van der Waals surface area contributed by atoms with E-state index in [2.05, 4.69) is 32.6 Å². The number of hydrogen-bond acceptors (Lipinski definition) is 2. The molecular weight excluding hydrogens is 241 g/mol. The molecule has 1 N–H and O–H groups in total. The number of hydrogen-bond donors (Lipinski definition) is 1. The van der Waals surface area contributed by atoms with E-state index in [0.29, 0.717) is 23.2 Å². The highest BCUT2D eigenvalue weighted by Gasteiger charge is 2.22. The summed E-state index contributed by atoms with van der Waals surface area (Å²) in [5.74, 6) is 0.214. The molecule has 0 bridgehead atoms. The van der Waals surface area contributed by atoms with Crippen molar-refractivity contribution in [3.05, 3.63) is 29.6 Å². The number of anilines is 1. The zero-order chi connectivity index (χ0) is 14.4. The molecule has 0 saturated carbocycles. The number of para-hydroxylation sites is 1. The summed E-state index contributed by atoms with van der Waals surface area (Å²) in [6, 6.07) is 5.24. The number of nitrogens with zero attached hydrogens (tertiary/aromatic N) is 1. The second kappa shape index (κ2) is 7.49. The molecule has 2 nitrogen and oxygen atoms in total. The van der Waals surface area contributed by atoms with Crippen LogP contribution >= 0.6 is 0 Å². The predicted molar refractivity (Wildman–Crippen MR) is 78.9 cm³/mol. The quantitative estimate of drug-likeness (QED) is 0.808. The Morgan fingerprint density at radius 3 is 2.32 bits per heavy atom. The highest BCUT2D eigenvalue weighted by molar-refractivity contribution is 5.55. The molecule has 0 aromatic heterocycles. The maximum Gasteiger partial charge on any atom is 0.146 e. The molecule has 3 heteroatoms. The molecular formula is C16H26FNO. The molecule has 0 radical (unpaired) electrons. The van der Waals surface area contributed by atoms with E-state index >= 15 is 0 Å². The summed E-state index contributed by atoms with van der Waals surface area (Å²) in [5, 5.41) is 9.46. The molecule has 0 unspecified atom stereocenters. The van der Waals surface area contributed by atoms with Gasteiger partial charge in [-0.05, 0) is 24.8 Å². The van der Waals surface area contributed by atoms with Crippen LogP contribution in [0.2, 0.25) is 0 Å². The first kappa shape index (κ1) is 16.0. The van der Waals surface area contributed by atoms with Crippen molar-refractivity contribution in [2.75, 3.05) is 11.4 Å². The number of rotatable bonds is 7. The van der Waals surface area contributed by atoms with Crippen molar-refractivity contribution < 1.29 is 9.50 Å². The zero-order valence-electron chi connectivity index (χ0n) is 12.5. The van der Waals surface area contributed by atoms with Crippen LogP contribution in [-0.2, 0) is 6.61 Å². The molecule has 0 saturated heterocycles. The lowest BCUT2D eigenvalue weighted by Crippen LogP contribution is -2.38. The minimum absolute atomic E-state index is 0.123. The summed E-state index contributed by atoms with van der Waals surface area (Å²) in [4.78, 5) is 2.13. The topological polar surface area (TPSA) is 23.5 Å². The van der Waals surface area contributed by atoms with Crippen LogP contribution in [0.25, 0.3) is 0 Å². The molecule has 19 heavy (non-hydrogen) atoms. The van der Waals surface area contributed by atoms with Crippen LogP contribution in [0.5, 0.6) is 0 Å². The van der Waals surface area contributed by atoms with Crippen molar-refractivity contribution in [3.8, 4) is 0 Å². The summed E-state index contributed by atoms with van der Waals surface area (Å²) in [6.07, 6.45) is 1.95. The second-order valence-electron chi connectivity index (χ2n) is 5.42. The number of aliphatic hydroxyl groups excluding tert-OH is 1. The number of aliphatic hydroxyl groups is 1. The molecule has 1 rings (SSSR count). The van der Waals surface area contributed by atoms with Crippen LogP contribution in [0, 0.1) is 11.7 Å². The Bertz CT molecular complexity index is 388. The molecule has 0 spiro atoms. The smallest absolute Gasteiger partial charge is 0.146 e. The van der Waals surface area contributed by atoms with Gasteiger partial charge in [0.15, 0.2) is 0 Å². The molecule has 0 heterocycles. The van der Waals surface area contributed by atoms with Crippen molar-refractivity contribution >= 4 is 5.69 Å². The van der Waals surface area contributed by atoms with Crippen LogP contribution in [-0.4, -0.2) is 17.7 Å². The monoisotopic (exact) mass is 267 g/mol. The van der Waals surface area contributed by atoms with E-state index in [4.69, 9.17) is 0 Å². The van der Waals surface area contributed by atoms with E-state index in [1.807, 2.05) is 0 Å². The maximum atomic E-state index is 14.2. The van der Waals surface area contributed by atoms with Crippen LogP contribution in [0.15, 0.2) is 18.2 Å². The summed E-state index contributed by atoms with van der Waals surface area (Å²) >= 11 is 0. The minimum atomic E-state index is -0.237. The number of benzene rings is 1. The van der Waals surface area contributed by atoms with Gasteiger partial charge in [0.2, 0.25) is 0 Å². The zero-order valence-corrected chi connectivity index (χ0v) is 12.5. The Balaban J connectivity index is 3.23. The van der Waals surface area contributed by atoms with E-state index in [-0.39, 0.29) is 12.4 Å². The van der Waals surface area contributed by atoms with E-state index in [1.54, 1.807) is 12.1 Å². The van der Waals surface area contributed by atoms with Crippen molar-refractivity contribution in [3.63, 3.8) is 0 Å². The third-order valence-electron chi connectivity index (χ3n) is 3.47. The van der Waals surface area contributed by atoms with Gasteiger partial charge in [0.05, 0.1) is 12.3 Å². The first-order chi connectivity index (χ1) is 9.04. The van der Waals surface area contributed by atoms with E-state index < -0.39 is 0 Å². The highest BCUT2D eigenvalue weighted by Crippen LogP contribution is 2.29. The van der Waals surface area contributed by atoms with Gasteiger partial charge in [0.1, 0.15) is 5.82 Å². The molecule has 0 aliphatic heterocycles. The lowest BCUT2D eigenvalue weighted by molar-refractivity contribution is 0.281. The SMILES string of the molecule is CCC(CC)N(CC(C)C)c1c(F)cccc1CO. The molecule has 0 atom stereocenters. The summed E-state index contributed by atoms with van der Waals surface area (Å²) in [7, 11) is 0. The van der Waals surface area contributed by atoms with Gasteiger partial charge in [-0.1, -0.05) is 39.8 Å². The average Bonchev–Trinajstić information content (AvgIpc) is 2.38. The molecule has 1 aromatic rings. The first-order valence-corrected chi connectivity index (χ1v) is 7.19. The third kappa shape index (κ3) is 3.93. The molecule has 0 fully saturated rings. The Hall–Kier alpha value is -1.09. The van der Waals surface area contributed by atoms with Crippen LogP contribution in [0.3, 0.4) is 0 Å². The minimum Gasteiger partial charge on any atom is -0.392 e. The average molecular weight is 267 g/mol. The lowest BCUT2D eigenvalue weighted by atomic mass is 10.0. The highest BCUT2D eigenvalue weighted by atomic mass is 19.1. The van der Waals surface area contributed by atoms with Crippen molar-refractivity contribution in [1.82, 2.24) is 0 Å². The van der Waals surface area contributed by atoms with Gasteiger partial charge in [-0.25, -0.2) is 4.39 Å². The van der Waals surface area contributed by atoms with Crippen molar-refractivity contribution in [1.29, 1.82) is 0 Å². The fraction of sp³-hybridized carbons (Fsp3) is 0.625. The molecule has 0 amide bonds. The van der Waals surface area contributed by atoms with Crippen LogP contribution in [0.1, 0.15) is 46.1 Å². The Labute approximate surface area is 116 Å². The van der Waals surface area contributed by atoms with Crippen LogP contribution < -0.4 is 4.90 Å². The summed E-state index contributed by atoms with van der Waals surface area (Å²) in [5.41, 5.74) is 1.25. The Morgan fingerprint density at radius 2 is 1.84 bits per heavy atom. The summed E-state index contributed by atoms with van der Waals surface area (Å²) < 4.78 is 14.2. The van der Waals surface area contributed by atoms with Gasteiger partial charge in [0.25, 0.3) is 0 Å². The number of halogens is 1. The molecule has 0 aliphatic rings. The fourth-order valence-corrected chi connectivity index (χ4v) is 2.56. The largest absolute Gasteiger partial charge is 0.392 e. The molecule has 0 aliphatic carbocycles. The predicted octanol–water partition coefficient (Wildman–Crippen LogP) is 3.97. The second-order valence-corrected chi connectivity index (χ2v) is 5.42. The standard InChI is InChI=1S/C16H26FNO/c1-5-14(6-2)18(10-12(3)4)16-13(11-19)8-7-9-15(16)17/h7-9,12,14,19H,5-6,10-11H2,1-4H3. The first-order valence-electron chi connectivity index (χ1n) is 7.19. The van der Waals surface area contributed by atoms with Gasteiger partial charge in [-0.15, -0.1) is 0 Å². The Kier molecular flexibility index (Phi) is 6.29. The van der Waals surface area contributed by atoms with Gasteiger partial charge >= 0.3 is 0 Å². The van der Waals surface area contributed by atoms with Crippen molar-refractivity contribution in [2.45, 2.75) is 53.2 Å². The fourth-order valence-electron chi connectivity index (χ4n) is 2.56. The maximum absolute atomic E-state index is 14.2. The summed E-state index contributed by atoms with van der Waals surface area (Å²) in [6.45, 7) is 9.20. The van der Waals surface area contributed by atoms with Crippen molar-refractivity contribution in [2.24, 2.45) is 5.92 Å². The van der Waals surface area contributed by atoms with Gasteiger partial charge in [0, 0.05) is 18.2 Å². The molecule has 1 aromatic carbocycles.